The van der Waals surface area contributed by atoms with Gasteiger partial charge in [-0.1, -0.05) is 0 Å². The Labute approximate surface area is 140 Å². The van der Waals surface area contributed by atoms with Gasteiger partial charge in [-0.3, -0.25) is 0 Å². The van der Waals surface area contributed by atoms with Crippen LogP contribution in [-0.4, -0.2) is 0 Å². The number of pyridine rings is 1. The smallest absolute Gasteiger partial charge is 0.212 e. The lowest BCUT2D eigenvalue weighted by Crippen LogP contribution is -2.30. The second-order valence-corrected chi connectivity index (χ2v) is 6.17. The van der Waals surface area contributed by atoms with E-state index in [2.05, 4.69) is 55.9 Å². The van der Waals surface area contributed by atoms with Gasteiger partial charge in [0.2, 0.25) is 5.69 Å². The van der Waals surface area contributed by atoms with Crippen LogP contribution in [0.3, 0.4) is 0 Å². The number of nitriles is 1. The maximum absolute atomic E-state index is 9.10. The molecule has 0 atom stereocenters. The van der Waals surface area contributed by atoms with E-state index >= 15 is 0 Å². The molecule has 0 radical (unpaired) electrons. The standard InChI is InChI=1S/C21H17N2O/c1-13-14(2)21-18(11-17(13)19-6-4-5-9-23(19)3)16-8-7-15(12-22)10-20(16)24-21/h4-11H,1-3H3/q+1. The van der Waals surface area contributed by atoms with Crippen LogP contribution < -0.4 is 4.57 Å². The van der Waals surface area contributed by atoms with E-state index in [0.29, 0.717) is 5.56 Å². The number of hydrogen-bond acceptors (Lipinski definition) is 2. The number of hydrogen-bond donors (Lipinski definition) is 0. The lowest BCUT2D eigenvalue weighted by atomic mass is 9.96. The van der Waals surface area contributed by atoms with E-state index in [4.69, 9.17) is 9.68 Å². The summed E-state index contributed by atoms with van der Waals surface area (Å²) in [6.45, 7) is 4.22. The highest BCUT2D eigenvalue weighted by atomic mass is 16.3. The maximum Gasteiger partial charge on any atom is 0.212 e. The van der Waals surface area contributed by atoms with E-state index in [9.17, 15) is 0 Å². The van der Waals surface area contributed by atoms with Crippen LogP contribution in [-0.2, 0) is 7.05 Å². The number of furan rings is 1. The van der Waals surface area contributed by atoms with Crippen LogP contribution in [0.4, 0.5) is 0 Å². The fourth-order valence-corrected chi connectivity index (χ4v) is 3.30. The van der Waals surface area contributed by atoms with E-state index < -0.39 is 0 Å². The van der Waals surface area contributed by atoms with Crippen molar-refractivity contribution in [2.75, 3.05) is 0 Å². The van der Waals surface area contributed by atoms with Gasteiger partial charge in [-0.25, -0.2) is 4.57 Å². The number of benzene rings is 2. The molecular formula is C21H17N2O+. The van der Waals surface area contributed by atoms with Gasteiger partial charge in [-0.2, -0.15) is 5.26 Å². The van der Waals surface area contributed by atoms with Crippen molar-refractivity contribution in [3.05, 3.63) is 65.4 Å². The molecule has 0 fully saturated rings. The Balaban J connectivity index is 2.11. The predicted molar refractivity (Wildman–Crippen MR) is 94.5 cm³/mol. The molecule has 116 valence electrons. The molecule has 2 heterocycles. The first-order chi connectivity index (χ1) is 11.6. The van der Waals surface area contributed by atoms with Crippen molar-refractivity contribution in [1.82, 2.24) is 0 Å². The van der Waals surface area contributed by atoms with E-state index in [-0.39, 0.29) is 0 Å². The van der Waals surface area contributed by atoms with Gasteiger partial charge in [0, 0.05) is 22.9 Å². The Morgan fingerprint density at radius 1 is 1.00 bits per heavy atom. The minimum Gasteiger partial charge on any atom is -0.456 e. The first kappa shape index (κ1) is 14.5. The lowest BCUT2D eigenvalue weighted by molar-refractivity contribution is -0.660. The molecule has 0 unspecified atom stereocenters. The van der Waals surface area contributed by atoms with Crippen molar-refractivity contribution >= 4 is 21.9 Å². The van der Waals surface area contributed by atoms with Crippen LogP contribution in [0.5, 0.6) is 0 Å². The Morgan fingerprint density at radius 3 is 2.58 bits per heavy atom. The molecule has 4 aromatic rings. The average molecular weight is 313 g/mol. The van der Waals surface area contributed by atoms with Gasteiger partial charge in [0.25, 0.3) is 0 Å². The fraction of sp³-hybridized carbons (Fsp3) is 0.143. The molecule has 0 aliphatic heterocycles. The first-order valence-corrected chi connectivity index (χ1v) is 7.91. The monoisotopic (exact) mass is 313 g/mol. The van der Waals surface area contributed by atoms with Crippen molar-refractivity contribution in [2.45, 2.75) is 13.8 Å². The van der Waals surface area contributed by atoms with Crippen LogP contribution in [0.1, 0.15) is 16.7 Å². The third-order valence-corrected chi connectivity index (χ3v) is 4.78. The van der Waals surface area contributed by atoms with Crippen molar-refractivity contribution in [3.8, 4) is 17.3 Å². The summed E-state index contributed by atoms with van der Waals surface area (Å²) in [5.74, 6) is 0. The molecule has 3 heteroatoms. The number of nitrogens with zero attached hydrogens (tertiary/aromatic N) is 2. The van der Waals surface area contributed by atoms with Crippen LogP contribution in [0, 0.1) is 25.2 Å². The van der Waals surface area contributed by atoms with E-state index in [1.54, 1.807) is 0 Å². The van der Waals surface area contributed by atoms with Crippen LogP contribution in [0.2, 0.25) is 0 Å². The number of fused-ring (bicyclic) bond motifs is 3. The van der Waals surface area contributed by atoms with Crippen LogP contribution in [0.25, 0.3) is 33.2 Å². The third kappa shape index (κ3) is 2.00. The average Bonchev–Trinajstić information content (AvgIpc) is 2.96. The molecular weight excluding hydrogens is 296 g/mol. The molecule has 3 nitrogen and oxygen atoms in total. The van der Waals surface area contributed by atoms with Crippen molar-refractivity contribution < 1.29 is 8.98 Å². The molecule has 0 aliphatic rings. The zero-order chi connectivity index (χ0) is 16.8. The SMILES string of the molecule is Cc1c(-c2cccc[n+]2C)cc2c(oc3cc(C#N)ccc32)c1C. The molecule has 0 amide bonds. The highest BCUT2D eigenvalue weighted by molar-refractivity contribution is 6.08. The van der Waals surface area contributed by atoms with Gasteiger partial charge < -0.3 is 4.42 Å². The number of rotatable bonds is 1. The predicted octanol–water partition coefficient (Wildman–Crippen LogP) is 4.57. The Morgan fingerprint density at radius 2 is 1.83 bits per heavy atom. The molecule has 2 aromatic carbocycles. The largest absolute Gasteiger partial charge is 0.456 e. The highest BCUT2D eigenvalue weighted by Crippen LogP contribution is 2.36. The highest BCUT2D eigenvalue weighted by Gasteiger charge is 2.19. The summed E-state index contributed by atoms with van der Waals surface area (Å²) >= 11 is 0. The summed E-state index contributed by atoms with van der Waals surface area (Å²) in [7, 11) is 2.06. The van der Waals surface area contributed by atoms with Crippen molar-refractivity contribution in [1.29, 1.82) is 5.26 Å². The Bertz CT molecular complexity index is 1150. The minimum atomic E-state index is 0.616. The normalized spacial score (nSPS) is 11.1. The fourth-order valence-electron chi connectivity index (χ4n) is 3.30. The number of aromatic nitrogens is 1. The first-order valence-electron chi connectivity index (χ1n) is 7.91. The summed E-state index contributed by atoms with van der Waals surface area (Å²) in [5.41, 5.74) is 7.01. The maximum atomic E-state index is 9.10. The molecule has 0 spiro atoms. The lowest BCUT2D eigenvalue weighted by Gasteiger charge is -2.08. The molecule has 24 heavy (non-hydrogen) atoms. The Kier molecular flexibility index (Phi) is 3.14. The zero-order valence-corrected chi connectivity index (χ0v) is 13.9. The van der Waals surface area contributed by atoms with E-state index in [0.717, 1.165) is 27.5 Å². The van der Waals surface area contributed by atoms with Crippen LogP contribution >= 0.6 is 0 Å². The van der Waals surface area contributed by atoms with E-state index in [1.165, 1.54) is 16.8 Å². The molecule has 0 aliphatic carbocycles. The van der Waals surface area contributed by atoms with Crippen molar-refractivity contribution in [2.24, 2.45) is 7.05 Å². The molecule has 0 N–H and O–H groups in total. The summed E-state index contributed by atoms with van der Waals surface area (Å²) in [6, 6.07) is 16.2. The number of aryl methyl sites for hydroxylation is 2. The van der Waals surface area contributed by atoms with Gasteiger partial charge >= 0.3 is 0 Å². The third-order valence-electron chi connectivity index (χ3n) is 4.78. The molecule has 0 bridgehead atoms. The van der Waals surface area contributed by atoms with Gasteiger partial charge in [0.1, 0.15) is 18.2 Å². The molecule has 4 rings (SSSR count). The summed E-state index contributed by atoms with van der Waals surface area (Å²) in [4.78, 5) is 0. The van der Waals surface area contributed by atoms with Gasteiger partial charge in [0.15, 0.2) is 6.20 Å². The zero-order valence-electron chi connectivity index (χ0n) is 13.9. The van der Waals surface area contributed by atoms with Gasteiger partial charge in [-0.05, 0) is 55.3 Å². The topological polar surface area (TPSA) is 40.8 Å². The minimum absolute atomic E-state index is 0.616. The molecule has 0 saturated heterocycles. The molecule has 0 saturated carbocycles. The molecule has 2 aromatic heterocycles. The van der Waals surface area contributed by atoms with Gasteiger partial charge in [0.05, 0.1) is 17.2 Å². The summed E-state index contributed by atoms with van der Waals surface area (Å²) in [5, 5.41) is 11.2. The summed E-state index contributed by atoms with van der Waals surface area (Å²) in [6.07, 6.45) is 2.06. The van der Waals surface area contributed by atoms with Crippen LogP contribution in [0.15, 0.2) is 53.1 Å². The quantitative estimate of drug-likeness (QED) is 0.483. The Hall–Kier alpha value is -3.12. The van der Waals surface area contributed by atoms with Crippen molar-refractivity contribution in [3.63, 3.8) is 0 Å². The second-order valence-electron chi connectivity index (χ2n) is 6.17. The summed E-state index contributed by atoms with van der Waals surface area (Å²) < 4.78 is 8.20. The van der Waals surface area contributed by atoms with Gasteiger partial charge in [-0.15, -0.1) is 0 Å². The van der Waals surface area contributed by atoms with E-state index in [1.807, 2.05) is 24.3 Å². The second kappa shape index (κ2) is 5.21.